The molecule has 0 spiro atoms. The van der Waals surface area contributed by atoms with Crippen molar-refractivity contribution >= 4 is 27.3 Å². The van der Waals surface area contributed by atoms with Gasteiger partial charge in [0.05, 0.1) is 12.0 Å². The predicted molar refractivity (Wildman–Crippen MR) is 65.6 cm³/mol. The SMILES string of the molecule is COC(=O)C(C)NS(=O)(=O)c1cc(C)sc1C. The van der Waals surface area contributed by atoms with Gasteiger partial charge in [0.1, 0.15) is 6.04 Å². The zero-order chi connectivity index (χ0) is 13.2. The number of thiophene rings is 1. The lowest BCUT2D eigenvalue weighted by Gasteiger charge is -2.11. The summed E-state index contributed by atoms with van der Waals surface area (Å²) in [7, 11) is -2.45. The molecule has 1 rings (SSSR count). The van der Waals surface area contributed by atoms with Crippen molar-refractivity contribution < 1.29 is 17.9 Å². The molecule has 1 aromatic rings. The maximum Gasteiger partial charge on any atom is 0.323 e. The zero-order valence-electron chi connectivity index (χ0n) is 10.1. The van der Waals surface area contributed by atoms with Crippen molar-refractivity contribution in [2.75, 3.05) is 7.11 Å². The Morgan fingerprint density at radius 1 is 1.47 bits per heavy atom. The minimum atomic E-state index is -3.66. The Hall–Kier alpha value is -0.920. The monoisotopic (exact) mass is 277 g/mol. The third-order valence-electron chi connectivity index (χ3n) is 2.17. The normalized spacial score (nSPS) is 13.4. The molecule has 0 fully saturated rings. The summed E-state index contributed by atoms with van der Waals surface area (Å²) in [5, 5.41) is 0. The van der Waals surface area contributed by atoms with E-state index in [-0.39, 0.29) is 4.90 Å². The van der Waals surface area contributed by atoms with Gasteiger partial charge in [-0.2, -0.15) is 4.72 Å². The van der Waals surface area contributed by atoms with Crippen molar-refractivity contribution in [1.29, 1.82) is 0 Å². The fourth-order valence-electron chi connectivity index (χ4n) is 1.40. The molecule has 0 bridgehead atoms. The van der Waals surface area contributed by atoms with E-state index in [1.165, 1.54) is 25.4 Å². The third kappa shape index (κ3) is 3.27. The first-order valence-electron chi connectivity index (χ1n) is 4.95. The maximum atomic E-state index is 12.0. The first kappa shape index (κ1) is 14.1. The molecule has 0 amide bonds. The Bertz CT molecular complexity index is 518. The first-order chi connectivity index (χ1) is 7.77. The van der Waals surface area contributed by atoms with Crippen LogP contribution in [0.4, 0.5) is 0 Å². The molecule has 0 aromatic carbocycles. The predicted octanol–water partition coefficient (Wildman–Crippen LogP) is 1.20. The molecule has 0 saturated heterocycles. The summed E-state index contributed by atoms with van der Waals surface area (Å²) >= 11 is 1.40. The molecule has 0 aliphatic rings. The molecule has 1 unspecified atom stereocenters. The number of esters is 1. The van der Waals surface area contributed by atoms with Crippen molar-refractivity contribution in [2.45, 2.75) is 31.7 Å². The minimum Gasteiger partial charge on any atom is -0.468 e. The average molecular weight is 277 g/mol. The van der Waals surface area contributed by atoms with Gasteiger partial charge >= 0.3 is 5.97 Å². The molecule has 1 N–H and O–H groups in total. The summed E-state index contributed by atoms with van der Waals surface area (Å²) in [5.41, 5.74) is 0. The fourth-order valence-corrected chi connectivity index (χ4v) is 4.14. The Morgan fingerprint density at radius 2 is 2.06 bits per heavy atom. The second-order valence-corrected chi connectivity index (χ2v) is 6.79. The lowest BCUT2D eigenvalue weighted by molar-refractivity contribution is -0.142. The number of rotatable bonds is 4. The maximum absolute atomic E-state index is 12.0. The van der Waals surface area contributed by atoms with Gasteiger partial charge in [-0.3, -0.25) is 4.79 Å². The summed E-state index contributed by atoms with van der Waals surface area (Å²) < 4.78 is 30.7. The topological polar surface area (TPSA) is 72.5 Å². The third-order valence-corrected chi connectivity index (χ3v) is 4.93. The van der Waals surface area contributed by atoms with E-state index in [1.807, 2.05) is 6.92 Å². The summed E-state index contributed by atoms with van der Waals surface area (Å²) in [4.78, 5) is 13.0. The van der Waals surface area contributed by atoms with E-state index < -0.39 is 22.0 Å². The van der Waals surface area contributed by atoms with Crippen LogP contribution in [0.1, 0.15) is 16.7 Å². The highest BCUT2D eigenvalue weighted by molar-refractivity contribution is 7.89. The number of hydrogen-bond donors (Lipinski definition) is 1. The van der Waals surface area contributed by atoms with Gasteiger partial charge in [0.25, 0.3) is 0 Å². The number of ether oxygens (including phenoxy) is 1. The first-order valence-corrected chi connectivity index (χ1v) is 7.25. The van der Waals surface area contributed by atoms with Crippen LogP contribution in [0, 0.1) is 13.8 Å². The van der Waals surface area contributed by atoms with Gasteiger partial charge in [-0.05, 0) is 26.8 Å². The van der Waals surface area contributed by atoms with Crippen molar-refractivity contribution in [3.63, 3.8) is 0 Å². The number of sulfonamides is 1. The number of carbonyl (C=O) groups excluding carboxylic acids is 1. The fraction of sp³-hybridized carbons (Fsp3) is 0.500. The summed E-state index contributed by atoms with van der Waals surface area (Å²) in [6.07, 6.45) is 0. The van der Waals surface area contributed by atoms with Crippen molar-refractivity contribution in [1.82, 2.24) is 4.72 Å². The van der Waals surface area contributed by atoms with Gasteiger partial charge in [0, 0.05) is 9.75 Å². The van der Waals surface area contributed by atoms with E-state index in [0.717, 1.165) is 4.88 Å². The Labute approximate surface area is 105 Å². The van der Waals surface area contributed by atoms with Gasteiger partial charge in [0.2, 0.25) is 10.0 Å². The molecule has 1 heterocycles. The van der Waals surface area contributed by atoms with E-state index >= 15 is 0 Å². The van der Waals surface area contributed by atoms with E-state index in [4.69, 9.17) is 0 Å². The van der Waals surface area contributed by atoms with Crippen LogP contribution in [0.2, 0.25) is 0 Å². The lowest BCUT2D eigenvalue weighted by Crippen LogP contribution is -2.39. The van der Waals surface area contributed by atoms with Gasteiger partial charge in [-0.15, -0.1) is 11.3 Å². The van der Waals surface area contributed by atoms with Crippen molar-refractivity contribution in [3.8, 4) is 0 Å². The Morgan fingerprint density at radius 3 is 2.47 bits per heavy atom. The largest absolute Gasteiger partial charge is 0.468 e. The number of hydrogen-bond acceptors (Lipinski definition) is 5. The van der Waals surface area contributed by atoms with Crippen LogP contribution in [0.25, 0.3) is 0 Å². The second kappa shape index (κ2) is 5.16. The molecule has 0 aliphatic carbocycles. The highest BCUT2D eigenvalue weighted by Crippen LogP contribution is 2.24. The summed E-state index contributed by atoms with van der Waals surface area (Å²) in [6, 6.07) is 0.691. The molecule has 7 heteroatoms. The molecule has 0 radical (unpaired) electrons. The lowest BCUT2D eigenvalue weighted by atomic mass is 10.4. The Balaban J connectivity index is 2.97. The van der Waals surface area contributed by atoms with E-state index in [1.54, 1.807) is 13.0 Å². The highest BCUT2D eigenvalue weighted by atomic mass is 32.2. The van der Waals surface area contributed by atoms with Crippen LogP contribution < -0.4 is 4.72 Å². The number of carbonyl (C=O) groups is 1. The van der Waals surface area contributed by atoms with Crippen LogP contribution in [0.15, 0.2) is 11.0 Å². The smallest absolute Gasteiger partial charge is 0.323 e. The van der Waals surface area contributed by atoms with Crippen molar-refractivity contribution in [2.24, 2.45) is 0 Å². The second-order valence-electron chi connectivity index (χ2n) is 3.64. The van der Waals surface area contributed by atoms with Gasteiger partial charge in [0.15, 0.2) is 0 Å². The molecular weight excluding hydrogens is 262 g/mol. The zero-order valence-corrected chi connectivity index (χ0v) is 11.7. The van der Waals surface area contributed by atoms with Crippen LogP contribution in [0.5, 0.6) is 0 Å². The molecule has 1 aromatic heterocycles. The number of methoxy groups -OCH3 is 1. The van der Waals surface area contributed by atoms with Gasteiger partial charge in [-0.1, -0.05) is 0 Å². The highest BCUT2D eigenvalue weighted by Gasteiger charge is 2.24. The van der Waals surface area contributed by atoms with Crippen LogP contribution >= 0.6 is 11.3 Å². The van der Waals surface area contributed by atoms with Gasteiger partial charge < -0.3 is 4.74 Å². The number of nitrogens with one attached hydrogen (secondary N) is 1. The molecule has 0 aliphatic heterocycles. The summed E-state index contributed by atoms with van der Waals surface area (Å²) in [5.74, 6) is -0.613. The van der Waals surface area contributed by atoms with E-state index in [2.05, 4.69) is 9.46 Å². The average Bonchev–Trinajstić information content (AvgIpc) is 2.56. The number of aryl methyl sites for hydroxylation is 2. The van der Waals surface area contributed by atoms with Crippen LogP contribution in [-0.4, -0.2) is 27.5 Å². The quantitative estimate of drug-likeness (QED) is 0.839. The molecular formula is C10H15NO4S2. The van der Waals surface area contributed by atoms with E-state index in [9.17, 15) is 13.2 Å². The minimum absolute atomic E-state index is 0.218. The summed E-state index contributed by atoms with van der Waals surface area (Å²) in [6.45, 7) is 5.01. The molecule has 17 heavy (non-hydrogen) atoms. The molecule has 96 valence electrons. The van der Waals surface area contributed by atoms with Crippen molar-refractivity contribution in [3.05, 3.63) is 15.8 Å². The standard InChI is InChI=1S/C10H15NO4S2/c1-6-5-9(8(3)16-6)17(13,14)11-7(2)10(12)15-4/h5,7,11H,1-4H3. The molecule has 0 saturated carbocycles. The van der Waals surface area contributed by atoms with Crippen LogP contribution in [0.3, 0.4) is 0 Å². The Kier molecular flexibility index (Phi) is 4.29. The molecule has 1 atom stereocenters. The van der Waals surface area contributed by atoms with E-state index in [0.29, 0.717) is 4.88 Å². The molecule has 5 nitrogen and oxygen atoms in total. The van der Waals surface area contributed by atoms with Crippen LogP contribution in [-0.2, 0) is 19.6 Å². The van der Waals surface area contributed by atoms with Gasteiger partial charge in [-0.25, -0.2) is 8.42 Å².